The van der Waals surface area contributed by atoms with E-state index >= 15 is 0 Å². The fourth-order valence-corrected chi connectivity index (χ4v) is 2.01. The van der Waals surface area contributed by atoms with Crippen molar-refractivity contribution in [2.24, 2.45) is 0 Å². The van der Waals surface area contributed by atoms with Crippen molar-refractivity contribution in [1.82, 2.24) is 0 Å². The van der Waals surface area contributed by atoms with E-state index in [9.17, 15) is 9.18 Å². The highest BCUT2D eigenvalue weighted by molar-refractivity contribution is 8.00. The third-order valence-corrected chi connectivity index (χ3v) is 3.06. The summed E-state index contributed by atoms with van der Waals surface area (Å²) in [6.45, 7) is 2.06. The van der Waals surface area contributed by atoms with Crippen LogP contribution in [0, 0.1) is 5.82 Å². The molecule has 0 radical (unpaired) electrons. The maximum atomic E-state index is 12.8. The average Bonchev–Trinajstić information content (AvgIpc) is 2.23. The van der Waals surface area contributed by atoms with Crippen LogP contribution in [-0.2, 0) is 4.79 Å². The Balaban J connectivity index is 2.33. The molecule has 3 heteroatoms. The topological polar surface area (TPSA) is 17.1 Å². The molecule has 15 heavy (non-hydrogen) atoms. The van der Waals surface area contributed by atoms with E-state index in [4.69, 9.17) is 0 Å². The highest BCUT2D eigenvalue weighted by Crippen LogP contribution is 2.19. The third kappa shape index (κ3) is 4.98. The van der Waals surface area contributed by atoms with Crippen molar-refractivity contribution in [2.45, 2.75) is 31.1 Å². The Bertz CT molecular complexity index is 325. The first-order valence-electron chi connectivity index (χ1n) is 5.12. The zero-order chi connectivity index (χ0) is 11.1. The lowest BCUT2D eigenvalue weighted by atomic mass is 10.2. The molecule has 0 aliphatic rings. The highest BCUT2D eigenvalue weighted by atomic mass is 32.2. The predicted molar refractivity (Wildman–Crippen MR) is 61.7 cm³/mol. The molecular weight excluding hydrogens is 211 g/mol. The molecule has 1 rings (SSSR count). The van der Waals surface area contributed by atoms with E-state index < -0.39 is 0 Å². The van der Waals surface area contributed by atoms with Gasteiger partial charge in [0, 0.05) is 11.3 Å². The fraction of sp³-hybridized carbons (Fsp3) is 0.417. The van der Waals surface area contributed by atoms with Crippen molar-refractivity contribution in [2.75, 3.05) is 5.75 Å². The largest absolute Gasteiger partial charge is 0.299 e. The number of unbranched alkanes of at least 4 members (excludes halogenated alkanes) is 1. The molecule has 0 aliphatic heterocycles. The summed E-state index contributed by atoms with van der Waals surface area (Å²) in [6.07, 6.45) is 2.62. The third-order valence-electron chi connectivity index (χ3n) is 2.01. The summed E-state index contributed by atoms with van der Waals surface area (Å²) in [5.41, 5.74) is 0. The number of benzene rings is 1. The van der Waals surface area contributed by atoms with Gasteiger partial charge in [0.05, 0.1) is 5.75 Å². The summed E-state index contributed by atoms with van der Waals surface area (Å²) >= 11 is 1.40. The number of Topliss-reactive ketones (excluding diaryl/α,β-unsaturated/α-hetero) is 1. The minimum absolute atomic E-state index is 0.242. The summed E-state index contributed by atoms with van der Waals surface area (Å²) in [6, 6.07) is 6.34. The van der Waals surface area contributed by atoms with Gasteiger partial charge in [-0.15, -0.1) is 11.8 Å². The monoisotopic (exact) mass is 226 g/mol. The first-order chi connectivity index (χ1) is 7.22. The molecule has 0 saturated heterocycles. The Morgan fingerprint density at radius 3 is 2.93 bits per heavy atom. The molecule has 1 nitrogen and oxygen atoms in total. The fourth-order valence-electron chi connectivity index (χ4n) is 1.17. The molecule has 0 unspecified atom stereocenters. The van der Waals surface area contributed by atoms with Crippen LogP contribution in [0.5, 0.6) is 0 Å². The second kappa shape index (κ2) is 6.62. The van der Waals surface area contributed by atoms with Gasteiger partial charge in [0.2, 0.25) is 0 Å². The molecule has 0 atom stereocenters. The number of carbonyl (C=O) groups is 1. The summed E-state index contributed by atoms with van der Waals surface area (Å²) in [4.78, 5) is 12.2. The first-order valence-corrected chi connectivity index (χ1v) is 6.11. The zero-order valence-corrected chi connectivity index (χ0v) is 9.65. The summed E-state index contributed by atoms with van der Waals surface area (Å²) < 4.78 is 12.8. The van der Waals surface area contributed by atoms with Crippen LogP contribution in [0.1, 0.15) is 26.2 Å². The van der Waals surface area contributed by atoms with Crippen LogP contribution in [0.25, 0.3) is 0 Å². The van der Waals surface area contributed by atoms with Crippen molar-refractivity contribution < 1.29 is 9.18 Å². The Morgan fingerprint density at radius 1 is 1.47 bits per heavy atom. The van der Waals surface area contributed by atoms with Gasteiger partial charge in [-0.2, -0.15) is 0 Å². The molecular formula is C12H15FOS. The second-order valence-electron chi connectivity index (χ2n) is 3.39. The lowest BCUT2D eigenvalue weighted by molar-refractivity contribution is -0.116. The van der Waals surface area contributed by atoms with Crippen LogP contribution < -0.4 is 0 Å². The van der Waals surface area contributed by atoms with Crippen LogP contribution >= 0.6 is 11.8 Å². The van der Waals surface area contributed by atoms with Crippen LogP contribution in [0.15, 0.2) is 29.2 Å². The van der Waals surface area contributed by atoms with E-state index in [2.05, 4.69) is 6.92 Å². The smallest absolute Gasteiger partial charge is 0.143 e. The lowest BCUT2D eigenvalue weighted by Crippen LogP contribution is -2.00. The number of hydrogen-bond acceptors (Lipinski definition) is 2. The van der Waals surface area contributed by atoms with E-state index in [1.807, 2.05) is 6.07 Å². The minimum atomic E-state index is -0.249. The number of halogens is 1. The number of thioether (sulfide) groups is 1. The quantitative estimate of drug-likeness (QED) is 0.688. The van der Waals surface area contributed by atoms with Gasteiger partial charge >= 0.3 is 0 Å². The van der Waals surface area contributed by atoms with E-state index in [0.717, 1.165) is 17.7 Å². The van der Waals surface area contributed by atoms with Crippen molar-refractivity contribution in [3.8, 4) is 0 Å². The van der Waals surface area contributed by atoms with Crippen molar-refractivity contribution in [1.29, 1.82) is 0 Å². The summed E-state index contributed by atoms with van der Waals surface area (Å²) in [5, 5.41) is 0. The second-order valence-corrected chi connectivity index (χ2v) is 4.44. The van der Waals surface area contributed by atoms with Gasteiger partial charge in [0.15, 0.2) is 0 Å². The molecule has 0 amide bonds. The maximum Gasteiger partial charge on any atom is 0.143 e. The maximum absolute atomic E-state index is 12.8. The average molecular weight is 226 g/mol. The van der Waals surface area contributed by atoms with Crippen LogP contribution in [0.4, 0.5) is 4.39 Å². The van der Waals surface area contributed by atoms with Gasteiger partial charge in [-0.05, 0) is 24.6 Å². The highest BCUT2D eigenvalue weighted by Gasteiger charge is 2.03. The first kappa shape index (κ1) is 12.2. The summed E-state index contributed by atoms with van der Waals surface area (Å²) in [5.74, 6) is 0.441. The summed E-state index contributed by atoms with van der Waals surface area (Å²) in [7, 11) is 0. The SMILES string of the molecule is CCCCC(=O)CSc1cccc(F)c1. The van der Waals surface area contributed by atoms with Crippen molar-refractivity contribution in [3.05, 3.63) is 30.1 Å². The van der Waals surface area contributed by atoms with Gasteiger partial charge in [-0.25, -0.2) is 4.39 Å². The van der Waals surface area contributed by atoms with Gasteiger partial charge in [0.25, 0.3) is 0 Å². The lowest BCUT2D eigenvalue weighted by Gasteiger charge is -2.00. The molecule has 82 valence electrons. The predicted octanol–water partition coefficient (Wildman–Crippen LogP) is 3.68. The number of hydrogen-bond donors (Lipinski definition) is 0. The number of rotatable bonds is 6. The van der Waals surface area contributed by atoms with E-state index in [0.29, 0.717) is 12.2 Å². The Kier molecular flexibility index (Phi) is 5.40. The Hall–Kier alpha value is -0.830. The van der Waals surface area contributed by atoms with Crippen LogP contribution in [0.3, 0.4) is 0 Å². The molecule has 0 spiro atoms. The van der Waals surface area contributed by atoms with Crippen LogP contribution in [-0.4, -0.2) is 11.5 Å². The minimum Gasteiger partial charge on any atom is -0.299 e. The van der Waals surface area contributed by atoms with Gasteiger partial charge in [-0.3, -0.25) is 4.79 Å². The van der Waals surface area contributed by atoms with Gasteiger partial charge in [0.1, 0.15) is 11.6 Å². The molecule has 0 aromatic heterocycles. The molecule has 0 bridgehead atoms. The number of carbonyl (C=O) groups excluding carboxylic acids is 1. The molecule has 0 fully saturated rings. The zero-order valence-electron chi connectivity index (χ0n) is 8.83. The van der Waals surface area contributed by atoms with E-state index in [-0.39, 0.29) is 11.6 Å². The number of ketones is 1. The Labute approximate surface area is 94.1 Å². The van der Waals surface area contributed by atoms with Crippen molar-refractivity contribution in [3.63, 3.8) is 0 Å². The van der Waals surface area contributed by atoms with E-state index in [1.165, 1.54) is 23.9 Å². The molecule has 1 aromatic rings. The molecule has 0 aliphatic carbocycles. The van der Waals surface area contributed by atoms with Gasteiger partial charge < -0.3 is 0 Å². The van der Waals surface area contributed by atoms with Gasteiger partial charge in [-0.1, -0.05) is 19.4 Å². The molecule has 0 heterocycles. The standard InChI is InChI=1S/C12H15FOS/c1-2-3-6-11(14)9-15-12-7-4-5-10(13)8-12/h4-5,7-8H,2-3,6,9H2,1H3. The van der Waals surface area contributed by atoms with E-state index in [1.54, 1.807) is 6.07 Å². The molecule has 0 saturated carbocycles. The Morgan fingerprint density at radius 2 is 2.27 bits per heavy atom. The molecule has 0 N–H and O–H groups in total. The van der Waals surface area contributed by atoms with Crippen molar-refractivity contribution >= 4 is 17.5 Å². The molecule has 1 aromatic carbocycles. The van der Waals surface area contributed by atoms with Crippen LogP contribution in [0.2, 0.25) is 0 Å². The normalized spacial score (nSPS) is 10.3.